The number of carboxylic acid groups (broad SMARTS) is 1. The third-order valence-corrected chi connectivity index (χ3v) is 5.18. The number of hydrogen-bond donors (Lipinski definition) is 2. The minimum atomic E-state index is -0.855. The SMILES string of the molecule is O=C(O)CCC(Cc1ccccc1)NC(=O)N1CCOC2(CCCOC2)C1. The van der Waals surface area contributed by atoms with Crippen molar-refractivity contribution in [1.29, 1.82) is 0 Å². The predicted octanol–water partition coefficient (Wildman–Crippen LogP) is 2.05. The third kappa shape index (κ3) is 5.68. The molecule has 1 aromatic rings. The summed E-state index contributed by atoms with van der Waals surface area (Å²) in [5.41, 5.74) is 0.677. The number of urea groups is 1. The molecular formula is C20H28N2O5. The fourth-order valence-electron chi connectivity index (χ4n) is 3.77. The Morgan fingerprint density at radius 1 is 1.26 bits per heavy atom. The van der Waals surface area contributed by atoms with Crippen LogP contribution in [0.5, 0.6) is 0 Å². The molecule has 2 saturated heterocycles. The number of hydrogen-bond acceptors (Lipinski definition) is 4. The van der Waals surface area contributed by atoms with Crippen LogP contribution < -0.4 is 5.32 Å². The fourth-order valence-corrected chi connectivity index (χ4v) is 3.77. The van der Waals surface area contributed by atoms with Gasteiger partial charge in [-0.05, 0) is 31.2 Å². The molecule has 0 aliphatic carbocycles. The Bertz CT molecular complexity index is 625. The van der Waals surface area contributed by atoms with Gasteiger partial charge in [-0.15, -0.1) is 0 Å². The summed E-state index contributed by atoms with van der Waals surface area (Å²) in [5, 5.41) is 12.1. The number of carbonyl (C=O) groups excluding carboxylic acids is 1. The second-order valence-corrected chi connectivity index (χ2v) is 7.38. The van der Waals surface area contributed by atoms with E-state index in [0.717, 1.165) is 25.0 Å². The topological polar surface area (TPSA) is 88.1 Å². The van der Waals surface area contributed by atoms with E-state index < -0.39 is 11.6 Å². The average Bonchev–Trinajstić information content (AvgIpc) is 2.67. The number of nitrogens with one attached hydrogen (secondary N) is 1. The highest BCUT2D eigenvalue weighted by Gasteiger charge is 2.40. The number of amides is 2. The van der Waals surface area contributed by atoms with E-state index in [4.69, 9.17) is 14.6 Å². The maximum absolute atomic E-state index is 12.8. The van der Waals surface area contributed by atoms with Crippen molar-refractivity contribution >= 4 is 12.0 Å². The van der Waals surface area contributed by atoms with Gasteiger partial charge < -0.3 is 24.8 Å². The van der Waals surface area contributed by atoms with Crippen molar-refractivity contribution in [3.63, 3.8) is 0 Å². The molecule has 0 aromatic heterocycles. The molecule has 2 N–H and O–H groups in total. The molecule has 148 valence electrons. The zero-order chi connectivity index (χ0) is 19.1. The van der Waals surface area contributed by atoms with Crippen molar-refractivity contribution in [3.8, 4) is 0 Å². The molecule has 2 amide bonds. The molecule has 0 bridgehead atoms. The van der Waals surface area contributed by atoms with Gasteiger partial charge in [-0.3, -0.25) is 4.79 Å². The predicted molar refractivity (Wildman–Crippen MR) is 99.6 cm³/mol. The van der Waals surface area contributed by atoms with Crippen LogP contribution in [0.15, 0.2) is 30.3 Å². The lowest BCUT2D eigenvalue weighted by Crippen LogP contribution is -2.59. The minimum Gasteiger partial charge on any atom is -0.481 e. The molecule has 2 heterocycles. The number of rotatable bonds is 6. The summed E-state index contributed by atoms with van der Waals surface area (Å²) in [5.74, 6) is -0.855. The Hall–Kier alpha value is -2.12. The number of ether oxygens (including phenoxy) is 2. The molecule has 2 unspecified atom stereocenters. The third-order valence-electron chi connectivity index (χ3n) is 5.18. The summed E-state index contributed by atoms with van der Waals surface area (Å²) in [6, 6.07) is 9.42. The monoisotopic (exact) mass is 376 g/mol. The van der Waals surface area contributed by atoms with Crippen LogP contribution in [0.4, 0.5) is 4.79 Å². The maximum atomic E-state index is 12.8. The van der Waals surface area contributed by atoms with Gasteiger partial charge in [0.05, 0.1) is 19.8 Å². The summed E-state index contributed by atoms with van der Waals surface area (Å²) < 4.78 is 11.5. The Balaban J connectivity index is 1.61. The number of aliphatic carboxylic acids is 1. The highest BCUT2D eigenvalue weighted by molar-refractivity contribution is 5.75. The highest BCUT2D eigenvalue weighted by atomic mass is 16.5. The highest BCUT2D eigenvalue weighted by Crippen LogP contribution is 2.27. The van der Waals surface area contributed by atoms with Crippen LogP contribution in [-0.2, 0) is 20.7 Å². The summed E-state index contributed by atoms with van der Waals surface area (Å²) in [7, 11) is 0. The second-order valence-electron chi connectivity index (χ2n) is 7.38. The molecule has 2 aliphatic heterocycles. The van der Waals surface area contributed by atoms with E-state index >= 15 is 0 Å². The Labute approximate surface area is 159 Å². The molecule has 27 heavy (non-hydrogen) atoms. The molecular weight excluding hydrogens is 348 g/mol. The quantitative estimate of drug-likeness (QED) is 0.793. The Morgan fingerprint density at radius 2 is 2.07 bits per heavy atom. The van der Waals surface area contributed by atoms with Gasteiger partial charge in [-0.1, -0.05) is 30.3 Å². The van der Waals surface area contributed by atoms with Gasteiger partial charge in [0.1, 0.15) is 5.60 Å². The van der Waals surface area contributed by atoms with Gasteiger partial charge in [0, 0.05) is 25.6 Å². The van der Waals surface area contributed by atoms with E-state index in [1.54, 1.807) is 4.90 Å². The van der Waals surface area contributed by atoms with Crippen LogP contribution in [0.2, 0.25) is 0 Å². The zero-order valence-electron chi connectivity index (χ0n) is 15.6. The van der Waals surface area contributed by atoms with Gasteiger partial charge in [0.25, 0.3) is 0 Å². The van der Waals surface area contributed by atoms with E-state index in [0.29, 0.717) is 39.1 Å². The molecule has 2 fully saturated rings. The summed E-state index contributed by atoms with van der Waals surface area (Å²) in [4.78, 5) is 25.6. The standard InChI is InChI=1S/C20H28N2O5/c23-18(24)8-7-17(13-16-5-2-1-3-6-16)21-19(25)22-10-12-27-20(14-22)9-4-11-26-15-20/h1-3,5-6,17H,4,7-15H2,(H,21,25)(H,23,24). The lowest BCUT2D eigenvalue weighted by atomic mass is 9.94. The number of carbonyl (C=O) groups is 2. The Morgan fingerprint density at radius 3 is 2.78 bits per heavy atom. The minimum absolute atomic E-state index is 0.0265. The first kappa shape index (κ1) is 19.6. The van der Waals surface area contributed by atoms with Crippen molar-refractivity contribution in [3.05, 3.63) is 35.9 Å². The molecule has 1 spiro atoms. The van der Waals surface area contributed by atoms with Crippen molar-refractivity contribution in [2.45, 2.75) is 43.7 Å². The molecule has 3 rings (SSSR count). The lowest BCUT2D eigenvalue weighted by molar-refractivity contribution is -0.160. The van der Waals surface area contributed by atoms with E-state index in [2.05, 4.69) is 5.32 Å². The summed E-state index contributed by atoms with van der Waals surface area (Å²) in [6.45, 7) is 2.80. The van der Waals surface area contributed by atoms with Gasteiger partial charge in [-0.2, -0.15) is 0 Å². The lowest BCUT2D eigenvalue weighted by Gasteiger charge is -2.44. The molecule has 2 aliphatic rings. The molecule has 0 radical (unpaired) electrons. The van der Waals surface area contributed by atoms with Crippen LogP contribution in [-0.4, -0.2) is 66.6 Å². The fraction of sp³-hybridized carbons (Fsp3) is 0.600. The first-order chi connectivity index (χ1) is 13.1. The van der Waals surface area contributed by atoms with Crippen LogP contribution >= 0.6 is 0 Å². The van der Waals surface area contributed by atoms with Crippen LogP contribution in [0.1, 0.15) is 31.2 Å². The molecule has 1 aromatic carbocycles. The molecule has 7 heteroatoms. The first-order valence-electron chi connectivity index (χ1n) is 9.59. The molecule has 7 nitrogen and oxygen atoms in total. The van der Waals surface area contributed by atoms with E-state index in [1.165, 1.54) is 0 Å². The number of morpholine rings is 1. The van der Waals surface area contributed by atoms with E-state index in [-0.39, 0.29) is 18.5 Å². The van der Waals surface area contributed by atoms with Crippen molar-refractivity contribution < 1.29 is 24.2 Å². The Kier molecular flexibility index (Phi) is 6.68. The van der Waals surface area contributed by atoms with Crippen molar-refractivity contribution in [1.82, 2.24) is 10.2 Å². The van der Waals surface area contributed by atoms with Crippen LogP contribution in [0.3, 0.4) is 0 Å². The molecule has 2 atom stereocenters. The van der Waals surface area contributed by atoms with Crippen molar-refractivity contribution in [2.75, 3.05) is 32.9 Å². The number of carboxylic acids is 1. The van der Waals surface area contributed by atoms with Gasteiger partial charge in [0.2, 0.25) is 0 Å². The van der Waals surface area contributed by atoms with Gasteiger partial charge >= 0.3 is 12.0 Å². The smallest absolute Gasteiger partial charge is 0.317 e. The van der Waals surface area contributed by atoms with Gasteiger partial charge in [-0.25, -0.2) is 4.79 Å². The van der Waals surface area contributed by atoms with Gasteiger partial charge in [0.15, 0.2) is 0 Å². The van der Waals surface area contributed by atoms with Crippen molar-refractivity contribution in [2.24, 2.45) is 0 Å². The van der Waals surface area contributed by atoms with Crippen LogP contribution in [0, 0.1) is 0 Å². The maximum Gasteiger partial charge on any atom is 0.317 e. The largest absolute Gasteiger partial charge is 0.481 e. The summed E-state index contributed by atoms with van der Waals surface area (Å²) in [6.07, 6.45) is 2.86. The summed E-state index contributed by atoms with van der Waals surface area (Å²) >= 11 is 0. The van der Waals surface area contributed by atoms with E-state index in [1.807, 2.05) is 30.3 Å². The number of nitrogens with zero attached hydrogens (tertiary/aromatic N) is 1. The normalized spacial score (nSPS) is 23.8. The second kappa shape index (κ2) is 9.19. The molecule has 0 saturated carbocycles. The number of benzene rings is 1. The van der Waals surface area contributed by atoms with Crippen LogP contribution in [0.25, 0.3) is 0 Å². The van der Waals surface area contributed by atoms with E-state index in [9.17, 15) is 9.59 Å². The average molecular weight is 376 g/mol. The zero-order valence-corrected chi connectivity index (χ0v) is 15.6. The first-order valence-corrected chi connectivity index (χ1v) is 9.59.